The summed E-state index contributed by atoms with van der Waals surface area (Å²) in [6, 6.07) is 3.84. The van der Waals surface area contributed by atoms with E-state index in [2.05, 4.69) is 11.4 Å². The van der Waals surface area contributed by atoms with Gasteiger partial charge in [0.1, 0.15) is 0 Å². The van der Waals surface area contributed by atoms with Gasteiger partial charge in [-0.3, -0.25) is 9.59 Å². The van der Waals surface area contributed by atoms with E-state index in [1.165, 1.54) is 4.88 Å². The maximum Gasteiger partial charge on any atom is 0.278 e. The quantitative estimate of drug-likeness (QED) is 0.706. The zero-order valence-electron chi connectivity index (χ0n) is 12.6. The molecule has 112 valence electrons. The molecule has 1 heterocycles. The molecule has 2 atom stereocenters. The standard InChI is InChI=1S/C14H23N3O2S/c1-11(17(4)10-13(18)16(2)3)14(19)15-8-7-12-6-5-9-20-12/h5-6,9,11H,7-8,10H2,1-4H3,(H,15,19)/p+1/t11-/m0/s1. The first-order valence-corrected chi connectivity index (χ1v) is 7.62. The summed E-state index contributed by atoms with van der Waals surface area (Å²) in [5, 5.41) is 4.96. The van der Waals surface area contributed by atoms with Crippen molar-refractivity contribution in [1.29, 1.82) is 0 Å². The number of nitrogens with zero attached hydrogens (tertiary/aromatic N) is 1. The van der Waals surface area contributed by atoms with Crippen LogP contribution < -0.4 is 10.2 Å². The Morgan fingerprint density at radius 3 is 2.70 bits per heavy atom. The van der Waals surface area contributed by atoms with Crippen molar-refractivity contribution in [3.63, 3.8) is 0 Å². The van der Waals surface area contributed by atoms with Crippen molar-refractivity contribution in [2.75, 3.05) is 34.2 Å². The Hall–Kier alpha value is -1.40. The molecule has 1 aromatic heterocycles. The largest absolute Gasteiger partial charge is 0.351 e. The molecule has 6 heteroatoms. The molecule has 0 aliphatic heterocycles. The first-order chi connectivity index (χ1) is 9.41. The molecule has 2 amide bonds. The number of thiophene rings is 1. The summed E-state index contributed by atoms with van der Waals surface area (Å²) in [4.78, 5) is 27.3. The lowest BCUT2D eigenvalue weighted by atomic mass is 10.2. The van der Waals surface area contributed by atoms with E-state index >= 15 is 0 Å². The van der Waals surface area contributed by atoms with Gasteiger partial charge >= 0.3 is 0 Å². The number of nitrogens with one attached hydrogen (secondary N) is 2. The van der Waals surface area contributed by atoms with Crippen LogP contribution in [0.4, 0.5) is 0 Å². The Balaban J connectivity index is 2.32. The van der Waals surface area contributed by atoms with E-state index in [1.54, 1.807) is 30.3 Å². The fourth-order valence-electron chi connectivity index (χ4n) is 1.69. The van der Waals surface area contributed by atoms with Gasteiger partial charge in [-0.25, -0.2) is 0 Å². The minimum absolute atomic E-state index is 0.00869. The van der Waals surface area contributed by atoms with E-state index in [0.29, 0.717) is 13.1 Å². The maximum atomic E-state index is 12.0. The molecular weight excluding hydrogens is 274 g/mol. The highest BCUT2D eigenvalue weighted by Gasteiger charge is 2.23. The lowest BCUT2D eigenvalue weighted by Crippen LogP contribution is -3.15. The van der Waals surface area contributed by atoms with Gasteiger partial charge < -0.3 is 15.1 Å². The average molecular weight is 298 g/mol. The van der Waals surface area contributed by atoms with Crippen molar-refractivity contribution in [1.82, 2.24) is 10.2 Å². The Labute approximate surface area is 124 Å². The molecule has 2 N–H and O–H groups in total. The Bertz CT molecular complexity index is 432. The second-order valence-electron chi connectivity index (χ2n) is 5.15. The lowest BCUT2D eigenvalue weighted by Gasteiger charge is -2.22. The van der Waals surface area contributed by atoms with E-state index in [-0.39, 0.29) is 17.9 Å². The Kier molecular flexibility index (Phi) is 6.67. The molecule has 0 aliphatic rings. The highest BCUT2D eigenvalue weighted by molar-refractivity contribution is 7.09. The van der Waals surface area contributed by atoms with Crippen LogP contribution in [0.3, 0.4) is 0 Å². The predicted octanol–water partition coefficient (Wildman–Crippen LogP) is -0.602. The summed E-state index contributed by atoms with van der Waals surface area (Å²) in [5.41, 5.74) is 0. The number of hydrogen-bond acceptors (Lipinski definition) is 3. The van der Waals surface area contributed by atoms with Crippen LogP contribution in [0.1, 0.15) is 11.8 Å². The van der Waals surface area contributed by atoms with Crippen molar-refractivity contribution in [3.8, 4) is 0 Å². The van der Waals surface area contributed by atoms with Gasteiger partial charge in [0.05, 0.1) is 7.05 Å². The highest BCUT2D eigenvalue weighted by Crippen LogP contribution is 2.07. The number of rotatable bonds is 7. The zero-order chi connectivity index (χ0) is 15.1. The topological polar surface area (TPSA) is 53.9 Å². The molecule has 1 rings (SSSR count). The van der Waals surface area contributed by atoms with Crippen molar-refractivity contribution in [2.45, 2.75) is 19.4 Å². The van der Waals surface area contributed by atoms with Crippen LogP contribution in [0.2, 0.25) is 0 Å². The molecule has 0 spiro atoms. The highest BCUT2D eigenvalue weighted by atomic mass is 32.1. The molecule has 0 aliphatic carbocycles. The molecule has 0 saturated heterocycles. The predicted molar refractivity (Wildman–Crippen MR) is 80.9 cm³/mol. The third-order valence-corrected chi connectivity index (χ3v) is 4.25. The van der Waals surface area contributed by atoms with Crippen LogP contribution in [-0.2, 0) is 16.0 Å². The molecule has 5 nitrogen and oxygen atoms in total. The molecule has 20 heavy (non-hydrogen) atoms. The average Bonchev–Trinajstić information content (AvgIpc) is 2.90. The van der Waals surface area contributed by atoms with Gasteiger partial charge in [-0.15, -0.1) is 11.3 Å². The Morgan fingerprint density at radius 2 is 2.15 bits per heavy atom. The fraction of sp³-hybridized carbons (Fsp3) is 0.571. The van der Waals surface area contributed by atoms with Gasteiger partial charge in [0.15, 0.2) is 12.6 Å². The van der Waals surface area contributed by atoms with Crippen LogP contribution in [0.25, 0.3) is 0 Å². The number of carbonyl (C=O) groups excluding carboxylic acids is 2. The second kappa shape index (κ2) is 8.01. The minimum Gasteiger partial charge on any atom is -0.351 e. The number of likely N-dealkylation sites (N-methyl/N-ethyl adjacent to an activating group) is 2. The SMILES string of the molecule is C[C@@H](C(=O)NCCc1cccs1)[NH+](C)CC(=O)N(C)C. The monoisotopic (exact) mass is 298 g/mol. The summed E-state index contributed by atoms with van der Waals surface area (Å²) in [5.74, 6) is 0.0198. The minimum atomic E-state index is -0.234. The normalized spacial score (nSPS) is 13.6. The first-order valence-electron chi connectivity index (χ1n) is 6.74. The van der Waals surface area contributed by atoms with E-state index in [9.17, 15) is 9.59 Å². The molecule has 0 saturated carbocycles. The van der Waals surface area contributed by atoms with Crippen LogP contribution in [0.15, 0.2) is 17.5 Å². The molecule has 1 unspecified atom stereocenters. The van der Waals surface area contributed by atoms with E-state index in [4.69, 9.17) is 0 Å². The summed E-state index contributed by atoms with van der Waals surface area (Å²) >= 11 is 1.69. The summed E-state index contributed by atoms with van der Waals surface area (Å²) < 4.78 is 0. The van der Waals surface area contributed by atoms with E-state index in [0.717, 1.165) is 11.3 Å². The molecule has 1 aromatic rings. The summed E-state index contributed by atoms with van der Waals surface area (Å²) in [6.45, 7) is 2.81. The van der Waals surface area contributed by atoms with Crippen molar-refractivity contribution >= 4 is 23.2 Å². The van der Waals surface area contributed by atoms with Gasteiger partial charge in [-0.1, -0.05) is 6.07 Å². The number of carbonyl (C=O) groups is 2. The van der Waals surface area contributed by atoms with Gasteiger partial charge in [-0.2, -0.15) is 0 Å². The summed E-state index contributed by atoms with van der Waals surface area (Å²) in [6.07, 6.45) is 0.853. The van der Waals surface area contributed by atoms with Crippen molar-refractivity contribution in [2.24, 2.45) is 0 Å². The molecule has 0 radical (unpaired) electrons. The molecule has 0 bridgehead atoms. The van der Waals surface area contributed by atoms with Crippen molar-refractivity contribution in [3.05, 3.63) is 22.4 Å². The van der Waals surface area contributed by atoms with Gasteiger partial charge in [0, 0.05) is 25.5 Å². The summed E-state index contributed by atoms with van der Waals surface area (Å²) in [7, 11) is 5.31. The van der Waals surface area contributed by atoms with E-state index < -0.39 is 0 Å². The number of amides is 2. The Morgan fingerprint density at radius 1 is 1.45 bits per heavy atom. The van der Waals surface area contributed by atoms with Gasteiger partial charge in [0.25, 0.3) is 11.8 Å². The van der Waals surface area contributed by atoms with Crippen LogP contribution in [-0.4, -0.2) is 57.0 Å². The number of hydrogen-bond donors (Lipinski definition) is 2. The maximum absolute atomic E-state index is 12.0. The zero-order valence-corrected chi connectivity index (χ0v) is 13.4. The number of quaternary nitrogens is 1. The molecular formula is C14H24N3O2S+. The van der Waals surface area contributed by atoms with Gasteiger partial charge in [0.2, 0.25) is 0 Å². The first kappa shape index (κ1) is 16.7. The van der Waals surface area contributed by atoms with Gasteiger partial charge in [-0.05, 0) is 24.8 Å². The second-order valence-corrected chi connectivity index (χ2v) is 6.19. The van der Waals surface area contributed by atoms with Crippen LogP contribution in [0.5, 0.6) is 0 Å². The van der Waals surface area contributed by atoms with Crippen LogP contribution >= 0.6 is 11.3 Å². The third kappa shape index (κ3) is 5.30. The van der Waals surface area contributed by atoms with Crippen molar-refractivity contribution < 1.29 is 14.5 Å². The van der Waals surface area contributed by atoms with E-state index in [1.807, 2.05) is 25.4 Å². The lowest BCUT2D eigenvalue weighted by molar-refractivity contribution is -0.886. The smallest absolute Gasteiger partial charge is 0.278 e. The fourth-order valence-corrected chi connectivity index (χ4v) is 2.40. The third-order valence-electron chi connectivity index (χ3n) is 3.31. The molecule has 0 fully saturated rings. The molecule has 0 aromatic carbocycles. The van der Waals surface area contributed by atoms with Crippen LogP contribution in [0, 0.1) is 0 Å².